The summed E-state index contributed by atoms with van der Waals surface area (Å²) in [6.45, 7) is 9.21. The fraction of sp³-hybridized carbons (Fsp3) is 0.733. The fourth-order valence-electron chi connectivity index (χ4n) is 1.80. The van der Waals surface area contributed by atoms with Crippen molar-refractivity contribution in [2.75, 3.05) is 29.6 Å². The molecule has 3 N–H and O–H groups in total. The summed E-state index contributed by atoms with van der Waals surface area (Å²) in [4.78, 5) is 9.03. The zero-order valence-electron chi connectivity index (χ0n) is 13.4. The summed E-state index contributed by atoms with van der Waals surface area (Å²) >= 11 is 1.91. The largest absolute Gasteiger partial charge is 0.383 e. The first-order chi connectivity index (χ1) is 9.36. The molecule has 5 heteroatoms. The second kappa shape index (κ2) is 7.72. The van der Waals surface area contributed by atoms with Crippen LogP contribution in [0.2, 0.25) is 0 Å². The fourth-order valence-corrected chi connectivity index (χ4v) is 2.29. The van der Waals surface area contributed by atoms with Gasteiger partial charge in [0.15, 0.2) is 0 Å². The first-order valence-electron chi connectivity index (χ1n) is 7.23. The minimum atomic E-state index is -0.0867. The van der Waals surface area contributed by atoms with Crippen LogP contribution >= 0.6 is 11.8 Å². The molecule has 0 aliphatic rings. The molecule has 0 aliphatic heterocycles. The van der Waals surface area contributed by atoms with Crippen LogP contribution in [0.3, 0.4) is 0 Å². The van der Waals surface area contributed by atoms with Crippen LogP contribution in [0.1, 0.15) is 51.4 Å². The predicted octanol–water partition coefficient (Wildman–Crippen LogP) is 3.61. The van der Waals surface area contributed by atoms with Gasteiger partial charge < -0.3 is 11.1 Å². The number of hydrogen-bond donors (Lipinski definition) is 2. The number of nitrogen functional groups attached to an aromatic ring is 1. The number of aromatic nitrogens is 2. The van der Waals surface area contributed by atoms with Gasteiger partial charge in [0.25, 0.3) is 0 Å². The average Bonchev–Trinajstić information content (AvgIpc) is 2.37. The van der Waals surface area contributed by atoms with Crippen molar-refractivity contribution < 1.29 is 0 Å². The minimum absolute atomic E-state index is 0.0867. The van der Waals surface area contributed by atoms with E-state index in [2.05, 4.69) is 42.3 Å². The molecule has 0 aromatic carbocycles. The second-order valence-electron chi connectivity index (χ2n) is 6.14. The third-order valence-electron chi connectivity index (χ3n) is 3.17. The van der Waals surface area contributed by atoms with Crippen molar-refractivity contribution >= 4 is 23.4 Å². The molecule has 0 fully saturated rings. The highest BCUT2D eigenvalue weighted by molar-refractivity contribution is 7.98. The molecule has 0 saturated carbocycles. The maximum absolute atomic E-state index is 5.99. The Bertz CT molecular complexity index is 427. The van der Waals surface area contributed by atoms with Crippen LogP contribution in [0.15, 0.2) is 0 Å². The SMILES string of the molecule is CSCCCCCNc1nc(C(C)(C)C)nc(N)c1C. The van der Waals surface area contributed by atoms with Crippen LogP contribution in [0.5, 0.6) is 0 Å². The highest BCUT2D eigenvalue weighted by atomic mass is 32.2. The molecule has 0 aliphatic carbocycles. The van der Waals surface area contributed by atoms with Gasteiger partial charge in [0.05, 0.1) is 0 Å². The number of nitrogens with one attached hydrogen (secondary N) is 1. The summed E-state index contributed by atoms with van der Waals surface area (Å²) in [6.07, 6.45) is 5.84. The van der Waals surface area contributed by atoms with E-state index in [-0.39, 0.29) is 5.41 Å². The average molecular weight is 296 g/mol. The van der Waals surface area contributed by atoms with Gasteiger partial charge in [-0.1, -0.05) is 27.2 Å². The Balaban J connectivity index is 2.63. The molecule has 0 radical (unpaired) electrons. The molecular formula is C15H28N4S. The molecule has 114 valence electrons. The molecule has 1 rings (SSSR count). The van der Waals surface area contributed by atoms with E-state index in [1.54, 1.807) is 0 Å². The lowest BCUT2D eigenvalue weighted by atomic mass is 9.95. The number of nitrogens with zero attached hydrogens (tertiary/aromatic N) is 2. The summed E-state index contributed by atoms with van der Waals surface area (Å²) in [6, 6.07) is 0. The van der Waals surface area contributed by atoms with E-state index in [9.17, 15) is 0 Å². The van der Waals surface area contributed by atoms with Crippen molar-refractivity contribution in [1.29, 1.82) is 0 Å². The van der Waals surface area contributed by atoms with E-state index in [0.29, 0.717) is 5.82 Å². The van der Waals surface area contributed by atoms with Crippen LogP contribution in [0.25, 0.3) is 0 Å². The Labute approximate surface area is 127 Å². The topological polar surface area (TPSA) is 63.8 Å². The number of rotatable bonds is 7. The molecule has 0 amide bonds. The number of thioether (sulfide) groups is 1. The maximum Gasteiger partial charge on any atom is 0.138 e. The third kappa shape index (κ3) is 5.19. The van der Waals surface area contributed by atoms with Gasteiger partial charge in [0.1, 0.15) is 17.5 Å². The van der Waals surface area contributed by atoms with Crippen molar-refractivity contribution in [3.8, 4) is 0 Å². The van der Waals surface area contributed by atoms with E-state index in [4.69, 9.17) is 5.73 Å². The zero-order valence-corrected chi connectivity index (χ0v) is 14.2. The lowest BCUT2D eigenvalue weighted by Gasteiger charge is -2.19. The summed E-state index contributed by atoms with van der Waals surface area (Å²) in [5.74, 6) is 3.50. The van der Waals surface area contributed by atoms with Crippen LogP contribution in [-0.2, 0) is 5.41 Å². The molecule has 0 saturated heterocycles. The molecule has 0 atom stereocenters. The van der Waals surface area contributed by atoms with Gasteiger partial charge in [-0.05, 0) is 31.8 Å². The van der Waals surface area contributed by atoms with Gasteiger partial charge in [-0.15, -0.1) is 0 Å². The normalized spacial score (nSPS) is 11.7. The number of nitrogens with two attached hydrogens (primary N) is 1. The zero-order chi connectivity index (χ0) is 15.2. The summed E-state index contributed by atoms with van der Waals surface area (Å²) in [7, 11) is 0. The lowest BCUT2D eigenvalue weighted by Crippen LogP contribution is -2.19. The van der Waals surface area contributed by atoms with Crippen molar-refractivity contribution in [3.63, 3.8) is 0 Å². The van der Waals surface area contributed by atoms with E-state index >= 15 is 0 Å². The van der Waals surface area contributed by atoms with Crippen molar-refractivity contribution in [2.24, 2.45) is 0 Å². The molecule has 4 nitrogen and oxygen atoms in total. The Morgan fingerprint density at radius 3 is 2.45 bits per heavy atom. The minimum Gasteiger partial charge on any atom is -0.383 e. The maximum atomic E-state index is 5.99. The van der Waals surface area contributed by atoms with E-state index < -0.39 is 0 Å². The Morgan fingerprint density at radius 1 is 1.15 bits per heavy atom. The van der Waals surface area contributed by atoms with Crippen LogP contribution in [-0.4, -0.2) is 28.5 Å². The molecule has 1 aromatic rings. The van der Waals surface area contributed by atoms with Gasteiger partial charge in [0, 0.05) is 17.5 Å². The lowest BCUT2D eigenvalue weighted by molar-refractivity contribution is 0.546. The van der Waals surface area contributed by atoms with Crippen molar-refractivity contribution in [2.45, 2.75) is 52.4 Å². The van der Waals surface area contributed by atoms with Gasteiger partial charge in [0.2, 0.25) is 0 Å². The van der Waals surface area contributed by atoms with Gasteiger partial charge in [-0.25, -0.2) is 9.97 Å². The number of hydrogen-bond acceptors (Lipinski definition) is 5. The van der Waals surface area contributed by atoms with E-state index in [0.717, 1.165) is 30.2 Å². The van der Waals surface area contributed by atoms with Crippen LogP contribution in [0.4, 0.5) is 11.6 Å². The Morgan fingerprint density at radius 2 is 1.85 bits per heavy atom. The summed E-state index contributed by atoms with van der Waals surface area (Å²) < 4.78 is 0. The van der Waals surface area contributed by atoms with E-state index in [1.165, 1.54) is 18.6 Å². The van der Waals surface area contributed by atoms with Crippen LogP contribution < -0.4 is 11.1 Å². The molecule has 0 unspecified atom stereocenters. The molecule has 1 heterocycles. The highest BCUT2D eigenvalue weighted by Gasteiger charge is 2.20. The Hall–Kier alpha value is -0.970. The molecule has 1 aromatic heterocycles. The first-order valence-corrected chi connectivity index (χ1v) is 8.63. The first kappa shape index (κ1) is 17.1. The number of anilines is 2. The highest BCUT2D eigenvalue weighted by Crippen LogP contribution is 2.24. The predicted molar refractivity (Wildman–Crippen MR) is 90.6 cm³/mol. The monoisotopic (exact) mass is 296 g/mol. The van der Waals surface area contributed by atoms with Crippen molar-refractivity contribution in [1.82, 2.24) is 9.97 Å². The number of unbranched alkanes of at least 4 members (excludes halogenated alkanes) is 2. The second-order valence-corrected chi connectivity index (χ2v) is 7.12. The molecule has 20 heavy (non-hydrogen) atoms. The van der Waals surface area contributed by atoms with Crippen LogP contribution in [0, 0.1) is 6.92 Å². The van der Waals surface area contributed by atoms with Gasteiger partial charge >= 0.3 is 0 Å². The standard InChI is InChI=1S/C15H28N4S/c1-11-12(16)18-14(15(2,3)4)19-13(11)17-9-7-6-8-10-20-5/h6-10H2,1-5H3,(H3,16,17,18,19). The van der Waals surface area contributed by atoms with E-state index in [1.807, 2.05) is 18.7 Å². The summed E-state index contributed by atoms with van der Waals surface area (Å²) in [5, 5.41) is 3.41. The smallest absolute Gasteiger partial charge is 0.138 e. The van der Waals surface area contributed by atoms with Gasteiger partial charge in [-0.3, -0.25) is 0 Å². The molecule has 0 spiro atoms. The van der Waals surface area contributed by atoms with Crippen molar-refractivity contribution in [3.05, 3.63) is 11.4 Å². The summed E-state index contributed by atoms with van der Waals surface area (Å²) in [5.41, 5.74) is 6.85. The third-order valence-corrected chi connectivity index (χ3v) is 3.87. The molecule has 0 bridgehead atoms. The molecular weight excluding hydrogens is 268 g/mol. The van der Waals surface area contributed by atoms with Gasteiger partial charge in [-0.2, -0.15) is 11.8 Å². The Kier molecular flexibility index (Phi) is 6.59. The quantitative estimate of drug-likeness (QED) is 0.753.